The summed E-state index contributed by atoms with van der Waals surface area (Å²) in [5.74, 6) is 3.11. The maximum absolute atomic E-state index is 7.75. The molecule has 0 unspecified atom stereocenters. The summed E-state index contributed by atoms with van der Waals surface area (Å²) < 4.78 is 103. The second-order valence-corrected chi connectivity index (χ2v) is 27.6. The molecular formula is C84H100N20+8. The molecule has 0 radical (unpaired) electrons. The summed E-state index contributed by atoms with van der Waals surface area (Å²) >= 11 is 0. The molecule has 0 bridgehead atoms. The molecule has 0 aromatic carbocycles. The summed E-state index contributed by atoms with van der Waals surface area (Å²) in [6.07, 6.45) is 16.3. The van der Waals surface area contributed by atoms with Gasteiger partial charge in [0, 0.05) is 185 Å². The van der Waals surface area contributed by atoms with Crippen molar-refractivity contribution in [3.05, 3.63) is 239 Å². The standard InChI is InChI=1S/4C21H25N5/c1-14-10-11-17(23(4)12-14)18-8-7-9-19(24(18)5)20-13-26-16(3)15(2)22-21(26)25(20)6;2*1-14-10-11-23(4)19(12-14)17-8-7-9-18(24(17)5)20-13-26-16(3)15(2)22-21(26)25(20)6;1-14-11-18(17-9-7-8-10-23(17)4)24(5)19(12-14)20-13-26-16(3)15(2)22-21(26)25(20)6/h4*7-13H,1-6H3/q4*+2/i;1D3,2D3;;2D3. The first-order chi connectivity index (χ1) is 53.2. The van der Waals surface area contributed by atoms with Crippen LogP contribution in [-0.2, 0) is 84.6 Å². The Kier molecular flexibility index (Phi) is 15.8. The smallest absolute Gasteiger partial charge is 0.277 e. The molecule has 0 aliphatic rings. The fourth-order valence-electron chi connectivity index (χ4n) is 14.1. The van der Waals surface area contributed by atoms with Gasteiger partial charge >= 0.3 is 0 Å². The van der Waals surface area contributed by atoms with E-state index >= 15 is 0 Å². The van der Waals surface area contributed by atoms with Gasteiger partial charge in [0.2, 0.25) is 45.9 Å². The van der Waals surface area contributed by atoms with Crippen LogP contribution < -0.4 is 36.5 Å². The summed E-state index contributed by atoms with van der Waals surface area (Å²) in [6, 6.07) is 41.2. The molecule has 16 heterocycles. The average Bonchev–Trinajstić information content (AvgIpc) is 1.61. The average molecular weight is 1400 g/mol. The van der Waals surface area contributed by atoms with E-state index in [9.17, 15) is 0 Å². The van der Waals surface area contributed by atoms with E-state index in [1.807, 2.05) is 114 Å². The van der Waals surface area contributed by atoms with Crippen LogP contribution in [0.1, 0.15) is 80.1 Å². The molecule has 16 aromatic heterocycles. The van der Waals surface area contributed by atoms with Crippen molar-refractivity contribution in [2.75, 3.05) is 0 Å². The van der Waals surface area contributed by atoms with Crippen LogP contribution in [0.2, 0.25) is 0 Å². The number of aromatic nitrogens is 20. The predicted octanol–water partition coefficient (Wildman–Crippen LogP) is 10.3. The molecule has 0 aliphatic heterocycles. The fraction of sp³-hybridized carbons (Fsp3) is 0.286. The lowest BCUT2D eigenvalue weighted by Crippen LogP contribution is -2.40. The third-order valence-corrected chi connectivity index (χ3v) is 20.7. The normalized spacial score (nSPS) is 13.1. The van der Waals surface area contributed by atoms with Crippen LogP contribution in [-0.4, -0.2) is 55.8 Å². The molecule has 0 saturated heterocycles. The van der Waals surface area contributed by atoms with E-state index in [-0.39, 0.29) is 17.0 Å². The molecule has 0 saturated carbocycles. The van der Waals surface area contributed by atoms with Crippen molar-refractivity contribution in [2.24, 2.45) is 84.6 Å². The number of imidazole rings is 8. The fourth-order valence-corrected chi connectivity index (χ4v) is 14.1. The molecule has 0 spiro atoms. The van der Waals surface area contributed by atoms with Crippen molar-refractivity contribution in [3.63, 3.8) is 0 Å². The Morgan fingerprint density at radius 2 is 0.615 bits per heavy atom. The van der Waals surface area contributed by atoms with Crippen LogP contribution in [0.25, 0.3) is 114 Å². The highest BCUT2D eigenvalue weighted by atomic mass is 15.2. The SMILES string of the molecule is Cc1cc[n+](C)c(-c2cccc(-c3cn4c(C)c(C)nc4n3C)[n+]2C)c1.Cc1ccc(-c2cccc(-c3cn4c(C)c(C)nc4n3C)[n+]2C)[n+](C)c1.[2H]C([2H])([2H])c1cc[n+](C)c(-c2cccc(-c3cn4c(C)c(C([2H])([2H])[2H])nc4n3C)[n+]2C)c1.[2H]C([2H])([2H])c1nc2n(C)c(-c3cc(C)cc(-c4cccc[n+]4C)[n+]3C)cn2c1C. The van der Waals surface area contributed by atoms with Crippen LogP contribution in [0.15, 0.2) is 171 Å². The van der Waals surface area contributed by atoms with E-state index in [0.29, 0.717) is 22.9 Å². The second-order valence-electron chi connectivity index (χ2n) is 27.6. The zero-order chi connectivity index (χ0) is 81.8. The number of rotatable bonds is 8. The van der Waals surface area contributed by atoms with Crippen molar-refractivity contribution >= 4 is 23.1 Å². The Labute approximate surface area is 622 Å². The summed E-state index contributed by atoms with van der Waals surface area (Å²) in [4.78, 5) is 18.2. The maximum atomic E-state index is 7.75. The number of fused-ring (bicyclic) bond motifs is 4. The first-order valence-electron chi connectivity index (χ1n) is 39.2. The molecule has 0 atom stereocenters. The third kappa shape index (κ3) is 12.4. The molecule has 0 aliphatic carbocycles. The zero-order valence-corrected chi connectivity index (χ0v) is 63.6. The predicted molar refractivity (Wildman–Crippen MR) is 406 cm³/mol. The van der Waals surface area contributed by atoms with Crippen LogP contribution in [0, 0.1) is 82.9 Å². The highest BCUT2D eigenvalue weighted by molar-refractivity contribution is 5.64. The van der Waals surface area contributed by atoms with Crippen LogP contribution in [0.3, 0.4) is 0 Å². The largest absolute Gasteiger partial charge is 0.308 e. The highest BCUT2D eigenvalue weighted by Crippen LogP contribution is 2.29. The van der Waals surface area contributed by atoms with Gasteiger partial charge in [-0.3, -0.25) is 17.6 Å². The first kappa shape index (κ1) is 59.8. The topological polar surface area (TPSA) is 120 Å². The molecule has 20 heteroatoms. The maximum Gasteiger partial charge on any atom is 0.277 e. The van der Waals surface area contributed by atoms with Crippen molar-refractivity contribution in [1.29, 1.82) is 0 Å². The van der Waals surface area contributed by atoms with Crippen molar-refractivity contribution in [3.8, 4) is 91.1 Å². The minimum absolute atomic E-state index is 0.0984. The summed E-state index contributed by atoms with van der Waals surface area (Å²) in [5, 5.41) is 0. The van der Waals surface area contributed by atoms with Gasteiger partial charge < -0.3 is 18.3 Å². The molecule has 0 N–H and O–H groups in total. The lowest BCUT2D eigenvalue weighted by Gasteiger charge is -2.07. The van der Waals surface area contributed by atoms with Gasteiger partial charge in [-0.05, 0) is 130 Å². The van der Waals surface area contributed by atoms with Gasteiger partial charge in [-0.2, -0.15) is 36.5 Å². The number of pyridine rings is 8. The summed E-state index contributed by atoms with van der Waals surface area (Å²) in [6.45, 7) is 11.5. The molecule has 16 rings (SSSR count). The van der Waals surface area contributed by atoms with Gasteiger partial charge in [-0.25, -0.2) is 19.9 Å². The molecular weight excluding hydrogens is 1290 g/mol. The van der Waals surface area contributed by atoms with E-state index in [0.717, 1.165) is 96.8 Å². The van der Waals surface area contributed by atoms with E-state index < -0.39 is 20.6 Å². The van der Waals surface area contributed by atoms with E-state index in [1.54, 1.807) is 36.6 Å². The van der Waals surface area contributed by atoms with Gasteiger partial charge in [0.25, 0.3) is 45.6 Å². The lowest BCUT2D eigenvalue weighted by atomic mass is 10.1. The Hall–Kier alpha value is -11.8. The molecule has 528 valence electrons. The van der Waals surface area contributed by atoms with Gasteiger partial charge in [0.05, 0.1) is 22.8 Å². The first-order valence-corrected chi connectivity index (χ1v) is 34.7. The number of hydrogen-bond donors (Lipinski definition) is 0. The Morgan fingerprint density at radius 3 is 1.03 bits per heavy atom. The van der Waals surface area contributed by atoms with Gasteiger partial charge in [0.15, 0.2) is 24.8 Å². The molecule has 104 heavy (non-hydrogen) atoms. The Balaban J connectivity index is 0.000000132. The van der Waals surface area contributed by atoms with E-state index in [2.05, 4.69) is 250 Å². The van der Waals surface area contributed by atoms with Crippen LogP contribution in [0.4, 0.5) is 0 Å². The quantitative estimate of drug-likeness (QED) is 0.141. The Morgan fingerprint density at radius 1 is 0.279 bits per heavy atom. The zero-order valence-electron chi connectivity index (χ0n) is 72.6. The van der Waals surface area contributed by atoms with E-state index in [1.165, 1.54) is 45.3 Å². The van der Waals surface area contributed by atoms with Crippen molar-refractivity contribution in [2.45, 2.75) is 82.9 Å². The monoisotopic (exact) mass is 1400 g/mol. The van der Waals surface area contributed by atoms with Crippen molar-refractivity contribution in [1.82, 2.24) is 55.8 Å². The van der Waals surface area contributed by atoms with Gasteiger partial charge in [-0.15, -0.1) is 0 Å². The Bertz CT molecular complexity index is 6440. The van der Waals surface area contributed by atoms with Crippen molar-refractivity contribution < 1.29 is 48.9 Å². The van der Waals surface area contributed by atoms with Crippen LogP contribution in [0.5, 0.6) is 0 Å². The number of hydrogen-bond acceptors (Lipinski definition) is 4. The summed E-state index contributed by atoms with van der Waals surface area (Å²) in [5.41, 5.74) is 26.9. The molecule has 16 aromatic rings. The van der Waals surface area contributed by atoms with Gasteiger partial charge in [0.1, 0.15) is 79.2 Å². The minimum Gasteiger partial charge on any atom is -0.308 e. The number of aryl methyl sites for hydroxylation is 20. The van der Waals surface area contributed by atoms with Crippen LogP contribution >= 0.6 is 0 Å². The molecule has 20 nitrogen and oxygen atoms in total. The summed E-state index contributed by atoms with van der Waals surface area (Å²) in [7, 11) is 24.2. The second kappa shape index (κ2) is 27.5. The lowest BCUT2D eigenvalue weighted by molar-refractivity contribution is -0.685. The third-order valence-electron chi connectivity index (χ3n) is 20.7. The molecule has 0 amide bonds. The molecule has 0 fully saturated rings. The van der Waals surface area contributed by atoms with Gasteiger partial charge in [-0.1, -0.05) is 0 Å². The number of nitrogens with zero attached hydrogens (tertiary/aromatic N) is 20. The minimum atomic E-state index is -2.27. The van der Waals surface area contributed by atoms with E-state index in [4.69, 9.17) is 22.3 Å². The highest BCUT2D eigenvalue weighted by Gasteiger charge is 2.31.